The Bertz CT molecular complexity index is 1230. The molecule has 0 saturated heterocycles. The SMILES string of the molecule is O=C(O)CC[C@H](NC(=O)Nc1ccc(COC(=O)Nc2ccc(N(CCI)CCI)cc2N(CCI)CCI)cc1)C(=O)O. The van der Waals surface area contributed by atoms with Crippen LogP contribution in [-0.4, -0.2) is 84.2 Å². The Balaban J connectivity index is 2.05. The van der Waals surface area contributed by atoms with Crippen molar-refractivity contribution >= 4 is 137 Å². The van der Waals surface area contributed by atoms with Crippen molar-refractivity contribution in [1.29, 1.82) is 0 Å². The summed E-state index contributed by atoms with van der Waals surface area (Å²) in [5.74, 6) is -2.48. The number of amides is 3. The van der Waals surface area contributed by atoms with E-state index >= 15 is 0 Å². The van der Waals surface area contributed by atoms with Gasteiger partial charge in [0.25, 0.3) is 0 Å². The van der Waals surface area contributed by atoms with Gasteiger partial charge in [-0.05, 0) is 42.3 Å². The number of carboxylic acids is 2. The number of nitrogens with zero attached hydrogens (tertiary/aromatic N) is 2. The lowest BCUT2D eigenvalue weighted by Gasteiger charge is -2.29. The highest BCUT2D eigenvalue weighted by molar-refractivity contribution is 14.1. The van der Waals surface area contributed by atoms with Crippen molar-refractivity contribution in [2.75, 3.05) is 64.3 Å². The van der Waals surface area contributed by atoms with E-state index in [9.17, 15) is 24.3 Å². The highest BCUT2D eigenvalue weighted by atomic mass is 127. The lowest BCUT2D eigenvalue weighted by molar-refractivity contribution is -0.140. The number of rotatable bonds is 19. The largest absolute Gasteiger partial charge is 0.481 e. The van der Waals surface area contributed by atoms with Crippen molar-refractivity contribution in [3.8, 4) is 0 Å². The lowest BCUT2D eigenvalue weighted by Crippen LogP contribution is -2.43. The van der Waals surface area contributed by atoms with Crippen LogP contribution in [0.25, 0.3) is 0 Å². The first-order valence-electron chi connectivity index (χ1n) is 13.5. The number of aliphatic carboxylic acids is 2. The smallest absolute Gasteiger partial charge is 0.412 e. The van der Waals surface area contributed by atoms with E-state index in [4.69, 9.17) is 9.84 Å². The van der Waals surface area contributed by atoms with Crippen LogP contribution in [0.1, 0.15) is 18.4 Å². The molecule has 0 aromatic heterocycles. The molecule has 0 radical (unpaired) electrons. The van der Waals surface area contributed by atoms with Crippen LogP contribution >= 0.6 is 90.4 Å². The molecule has 0 saturated carbocycles. The highest BCUT2D eigenvalue weighted by Crippen LogP contribution is 2.32. The molecular formula is C28H35I4N5O7. The van der Waals surface area contributed by atoms with Crippen molar-refractivity contribution in [1.82, 2.24) is 5.32 Å². The van der Waals surface area contributed by atoms with Crippen molar-refractivity contribution in [3.63, 3.8) is 0 Å². The molecule has 12 nitrogen and oxygen atoms in total. The summed E-state index contributed by atoms with van der Waals surface area (Å²) in [6.07, 6.45) is -1.23. The maximum absolute atomic E-state index is 12.8. The Labute approximate surface area is 311 Å². The Morgan fingerprint density at radius 1 is 0.795 bits per heavy atom. The molecular weight excluding hydrogens is 1030 g/mol. The molecule has 5 N–H and O–H groups in total. The van der Waals surface area contributed by atoms with E-state index < -0.39 is 36.5 Å². The summed E-state index contributed by atoms with van der Waals surface area (Å²) in [5, 5.41) is 25.7. The van der Waals surface area contributed by atoms with E-state index in [1.54, 1.807) is 24.3 Å². The third-order valence-corrected chi connectivity index (χ3v) is 8.10. The summed E-state index contributed by atoms with van der Waals surface area (Å²) in [5.41, 5.74) is 3.79. The van der Waals surface area contributed by atoms with E-state index in [1.165, 1.54) is 0 Å². The highest BCUT2D eigenvalue weighted by Gasteiger charge is 2.21. The molecule has 0 aliphatic heterocycles. The van der Waals surface area contributed by atoms with Gasteiger partial charge in [0.1, 0.15) is 12.6 Å². The predicted molar refractivity (Wildman–Crippen MR) is 207 cm³/mol. The van der Waals surface area contributed by atoms with E-state index in [-0.39, 0.29) is 13.0 Å². The summed E-state index contributed by atoms with van der Waals surface area (Å²) >= 11 is 9.48. The number of anilines is 4. The Morgan fingerprint density at radius 2 is 1.39 bits per heavy atom. The van der Waals surface area contributed by atoms with Gasteiger partial charge in [-0.25, -0.2) is 14.4 Å². The predicted octanol–water partition coefficient (Wildman–Crippen LogP) is 6.23. The van der Waals surface area contributed by atoms with Gasteiger partial charge in [0.05, 0.1) is 11.4 Å². The van der Waals surface area contributed by atoms with Gasteiger partial charge >= 0.3 is 24.1 Å². The second-order valence-corrected chi connectivity index (χ2v) is 13.6. The van der Waals surface area contributed by atoms with Gasteiger partial charge in [0, 0.05) is 61.7 Å². The van der Waals surface area contributed by atoms with Gasteiger partial charge in [0.2, 0.25) is 0 Å². The fourth-order valence-electron chi connectivity index (χ4n) is 4.04. The molecule has 2 rings (SSSR count). The summed E-state index contributed by atoms with van der Waals surface area (Å²) in [6.45, 7) is 3.54. The molecule has 2 aromatic carbocycles. The number of ether oxygens (including phenoxy) is 1. The van der Waals surface area contributed by atoms with E-state index in [1.807, 2.05) is 12.1 Å². The van der Waals surface area contributed by atoms with Crippen LogP contribution in [0.15, 0.2) is 42.5 Å². The minimum absolute atomic E-state index is 0.00762. The minimum Gasteiger partial charge on any atom is -0.481 e. The number of carbonyl (C=O) groups excluding carboxylic acids is 2. The zero-order valence-electron chi connectivity index (χ0n) is 23.7. The Morgan fingerprint density at radius 3 is 1.93 bits per heavy atom. The summed E-state index contributed by atoms with van der Waals surface area (Å²) in [6, 6.07) is 10.5. The molecule has 0 aliphatic rings. The number of alkyl halides is 4. The molecule has 0 heterocycles. The number of hydrogen-bond acceptors (Lipinski definition) is 7. The van der Waals surface area contributed by atoms with E-state index in [0.717, 1.165) is 55.3 Å². The van der Waals surface area contributed by atoms with Crippen LogP contribution in [-0.2, 0) is 20.9 Å². The third-order valence-electron chi connectivity index (χ3n) is 6.17. The van der Waals surface area contributed by atoms with E-state index in [0.29, 0.717) is 16.9 Å². The van der Waals surface area contributed by atoms with Crippen molar-refractivity contribution in [2.45, 2.75) is 25.5 Å². The Hall–Kier alpha value is -1.56. The monoisotopic (exact) mass is 1060 g/mol. The molecule has 0 aliphatic carbocycles. The summed E-state index contributed by atoms with van der Waals surface area (Å²) < 4.78 is 9.37. The van der Waals surface area contributed by atoms with Crippen LogP contribution in [0, 0.1) is 0 Å². The van der Waals surface area contributed by atoms with Gasteiger partial charge in [-0.2, -0.15) is 0 Å². The average molecular weight is 1060 g/mol. The maximum Gasteiger partial charge on any atom is 0.412 e. The fourth-order valence-corrected chi connectivity index (χ4v) is 6.37. The molecule has 1 atom stereocenters. The van der Waals surface area contributed by atoms with Crippen molar-refractivity contribution in [2.24, 2.45) is 0 Å². The first kappa shape index (κ1) is 38.6. The molecule has 0 spiro atoms. The van der Waals surface area contributed by atoms with Gasteiger partial charge in [-0.1, -0.05) is 102 Å². The summed E-state index contributed by atoms with van der Waals surface area (Å²) in [7, 11) is 0. The molecule has 0 bridgehead atoms. The molecule has 16 heteroatoms. The first-order valence-corrected chi connectivity index (χ1v) is 19.6. The molecule has 3 amide bonds. The average Bonchev–Trinajstić information content (AvgIpc) is 2.98. The van der Waals surface area contributed by atoms with Crippen LogP contribution in [0.3, 0.4) is 0 Å². The summed E-state index contributed by atoms with van der Waals surface area (Å²) in [4.78, 5) is 51.7. The Kier molecular flexibility index (Phi) is 18.7. The number of carbonyl (C=O) groups is 4. The fraction of sp³-hybridized carbons (Fsp3) is 0.429. The molecule has 2 aromatic rings. The van der Waals surface area contributed by atoms with E-state index in [2.05, 4.69) is 122 Å². The van der Waals surface area contributed by atoms with Crippen molar-refractivity contribution < 1.29 is 34.1 Å². The second kappa shape index (κ2) is 21.3. The molecule has 44 heavy (non-hydrogen) atoms. The molecule has 0 fully saturated rings. The van der Waals surface area contributed by atoms with Gasteiger partial charge in [-0.15, -0.1) is 0 Å². The van der Waals surface area contributed by atoms with Crippen LogP contribution in [0.2, 0.25) is 0 Å². The van der Waals surface area contributed by atoms with Gasteiger partial charge in [0.15, 0.2) is 0 Å². The second-order valence-electron chi connectivity index (χ2n) is 9.25. The normalized spacial score (nSPS) is 11.3. The number of nitrogens with one attached hydrogen (secondary N) is 3. The van der Waals surface area contributed by atoms with Gasteiger partial charge in [-0.3, -0.25) is 10.1 Å². The molecule has 0 unspecified atom stereocenters. The maximum atomic E-state index is 12.8. The van der Waals surface area contributed by atoms with Gasteiger partial charge < -0.3 is 35.4 Å². The standard InChI is InChI=1S/C28H35I4N5O7/c29-9-13-36(14-10-30)21-5-6-22(24(17-21)37(15-11-31)16-12-32)35-28(43)44-18-19-1-3-20(4-2-19)33-27(42)34-23(26(40)41)7-8-25(38)39/h1-6,17,23H,7-16,18H2,(H,35,43)(H,38,39)(H,40,41)(H2,33,34,42)/t23-/m0/s1. The lowest BCUT2D eigenvalue weighted by atomic mass is 10.1. The zero-order valence-corrected chi connectivity index (χ0v) is 32.4. The van der Waals surface area contributed by atoms with Crippen LogP contribution in [0.5, 0.6) is 0 Å². The first-order chi connectivity index (χ1) is 21.1. The number of urea groups is 1. The minimum atomic E-state index is -1.34. The number of carboxylic acid groups (broad SMARTS) is 2. The topological polar surface area (TPSA) is 161 Å². The quantitative estimate of drug-likeness (QED) is 0.0813. The third kappa shape index (κ3) is 13.8. The molecule has 242 valence electrons. The number of benzene rings is 2. The van der Waals surface area contributed by atoms with Crippen LogP contribution < -0.4 is 25.8 Å². The van der Waals surface area contributed by atoms with Crippen molar-refractivity contribution in [3.05, 3.63) is 48.0 Å². The number of hydrogen-bond donors (Lipinski definition) is 5. The number of halogens is 4. The zero-order chi connectivity index (χ0) is 32.5. The van der Waals surface area contributed by atoms with Crippen LogP contribution in [0.4, 0.5) is 32.3 Å².